The van der Waals surface area contributed by atoms with Gasteiger partial charge in [-0.05, 0) is 25.1 Å². The van der Waals surface area contributed by atoms with Gasteiger partial charge < -0.3 is 4.42 Å². The third-order valence-corrected chi connectivity index (χ3v) is 2.62. The number of alkyl halides is 1. The van der Waals surface area contributed by atoms with E-state index in [1.54, 1.807) is 17.0 Å². The van der Waals surface area contributed by atoms with E-state index in [-0.39, 0.29) is 5.82 Å². The van der Waals surface area contributed by atoms with Crippen LogP contribution in [0.25, 0.3) is 0 Å². The van der Waals surface area contributed by atoms with Crippen molar-refractivity contribution in [2.45, 2.75) is 12.8 Å². The van der Waals surface area contributed by atoms with Crippen LogP contribution < -0.4 is 4.90 Å². The van der Waals surface area contributed by atoms with Crippen molar-refractivity contribution in [3.05, 3.63) is 42.0 Å². The second-order valence-corrected chi connectivity index (χ2v) is 3.75. The number of nitrogens with zero attached hydrogens (tertiary/aromatic N) is 2. The van der Waals surface area contributed by atoms with Gasteiger partial charge in [0, 0.05) is 12.2 Å². The highest BCUT2D eigenvalue weighted by Crippen LogP contribution is 2.25. The molecule has 1 aromatic carbocycles. The van der Waals surface area contributed by atoms with E-state index < -0.39 is 0 Å². The predicted octanol–water partition coefficient (Wildman–Crippen LogP) is 3.71. The quantitative estimate of drug-likeness (QED) is 0.779. The lowest BCUT2D eigenvalue weighted by Crippen LogP contribution is -2.16. The minimum Gasteiger partial charge on any atom is -0.431 e. The Morgan fingerprint density at radius 3 is 2.88 bits per heavy atom. The van der Waals surface area contributed by atoms with Crippen LogP contribution in [0, 0.1) is 5.82 Å². The van der Waals surface area contributed by atoms with E-state index in [9.17, 15) is 4.39 Å². The molecule has 5 heteroatoms. The van der Waals surface area contributed by atoms with Crippen LogP contribution in [0.2, 0.25) is 0 Å². The lowest BCUT2D eigenvalue weighted by Gasteiger charge is -2.18. The topological polar surface area (TPSA) is 29.3 Å². The summed E-state index contributed by atoms with van der Waals surface area (Å²) in [5.74, 6) is 0.00887. The first-order valence-corrected chi connectivity index (χ1v) is 5.81. The molecule has 0 bridgehead atoms. The van der Waals surface area contributed by atoms with Crippen molar-refractivity contribution < 1.29 is 8.81 Å². The molecule has 0 aliphatic rings. The van der Waals surface area contributed by atoms with Gasteiger partial charge in [-0.1, -0.05) is 6.07 Å². The van der Waals surface area contributed by atoms with Gasteiger partial charge in [0.15, 0.2) is 0 Å². The minimum absolute atomic E-state index is 0.287. The minimum atomic E-state index is -0.287. The van der Waals surface area contributed by atoms with Gasteiger partial charge in [0.2, 0.25) is 0 Å². The first-order chi connectivity index (χ1) is 8.24. The molecule has 2 aromatic rings. The molecule has 0 unspecified atom stereocenters. The van der Waals surface area contributed by atoms with E-state index in [1.807, 2.05) is 6.92 Å². The van der Waals surface area contributed by atoms with Gasteiger partial charge in [-0.3, -0.25) is 4.90 Å². The van der Waals surface area contributed by atoms with Crippen LogP contribution in [0.15, 0.2) is 34.9 Å². The van der Waals surface area contributed by atoms with Crippen molar-refractivity contribution in [2.24, 2.45) is 0 Å². The molecular weight excluding hydrogens is 243 g/mol. The zero-order chi connectivity index (χ0) is 12.3. The molecule has 2 rings (SSSR count). The monoisotopic (exact) mass is 254 g/mol. The second-order valence-electron chi connectivity index (χ2n) is 3.48. The summed E-state index contributed by atoms with van der Waals surface area (Å²) >= 11 is 5.66. The fourth-order valence-electron chi connectivity index (χ4n) is 1.55. The molecule has 0 amide bonds. The lowest BCUT2D eigenvalue weighted by atomic mass is 10.3. The maximum absolute atomic E-state index is 13.2. The molecule has 1 heterocycles. The van der Waals surface area contributed by atoms with Crippen LogP contribution in [0.4, 0.5) is 16.1 Å². The Kier molecular flexibility index (Phi) is 3.64. The summed E-state index contributed by atoms with van der Waals surface area (Å²) in [5, 5.41) is 0. The van der Waals surface area contributed by atoms with Crippen LogP contribution in [-0.2, 0) is 5.88 Å². The van der Waals surface area contributed by atoms with Crippen molar-refractivity contribution in [3.8, 4) is 0 Å². The Hall–Kier alpha value is -1.55. The third kappa shape index (κ3) is 2.58. The zero-order valence-electron chi connectivity index (χ0n) is 9.36. The van der Waals surface area contributed by atoms with E-state index >= 15 is 0 Å². The van der Waals surface area contributed by atoms with Crippen LogP contribution >= 0.6 is 11.6 Å². The summed E-state index contributed by atoms with van der Waals surface area (Å²) in [7, 11) is 0. The molecule has 0 fully saturated rings. The Bertz CT molecular complexity index is 501. The average molecular weight is 255 g/mol. The van der Waals surface area contributed by atoms with Crippen molar-refractivity contribution in [1.29, 1.82) is 0 Å². The molecule has 0 N–H and O–H groups in total. The van der Waals surface area contributed by atoms with Crippen LogP contribution in [0.3, 0.4) is 0 Å². The number of anilines is 2. The molecule has 17 heavy (non-hydrogen) atoms. The van der Waals surface area contributed by atoms with Gasteiger partial charge in [0.25, 0.3) is 0 Å². The van der Waals surface area contributed by atoms with Crippen molar-refractivity contribution in [1.82, 2.24) is 4.98 Å². The average Bonchev–Trinajstić information content (AvgIpc) is 2.79. The van der Waals surface area contributed by atoms with E-state index in [0.717, 1.165) is 0 Å². The zero-order valence-corrected chi connectivity index (χ0v) is 10.1. The number of oxazole rings is 1. The van der Waals surface area contributed by atoms with Gasteiger partial charge in [0.1, 0.15) is 12.1 Å². The van der Waals surface area contributed by atoms with Crippen molar-refractivity contribution in [3.63, 3.8) is 0 Å². The first-order valence-electron chi connectivity index (χ1n) is 5.28. The molecule has 0 saturated carbocycles. The number of rotatable bonds is 4. The number of halogens is 2. The lowest BCUT2D eigenvalue weighted by molar-refractivity contribution is 0.553. The van der Waals surface area contributed by atoms with Crippen molar-refractivity contribution >= 4 is 23.3 Å². The Morgan fingerprint density at radius 1 is 1.47 bits per heavy atom. The summed E-state index contributed by atoms with van der Waals surface area (Å²) < 4.78 is 18.5. The van der Waals surface area contributed by atoms with Crippen molar-refractivity contribution in [2.75, 3.05) is 11.4 Å². The molecule has 0 saturated heterocycles. The predicted molar refractivity (Wildman–Crippen MR) is 65.1 cm³/mol. The molecular formula is C12H12ClFN2O. The van der Waals surface area contributed by atoms with Gasteiger partial charge in [-0.15, -0.1) is 11.6 Å². The Labute approximate surface area is 104 Å². The molecule has 90 valence electrons. The molecule has 3 nitrogen and oxygen atoms in total. The highest BCUT2D eigenvalue weighted by Gasteiger charge is 2.13. The summed E-state index contributed by atoms with van der Waals surface area (Å²) in [6.07, 6.45) is 1.50. The highest BCUT2D eigenvalue weighted by molar-refractivity contribution is 6.16. The largest absolute Gasteiger partial charge is 0.431 e. The molecule has 0 aliphatic heterocycles. The molecule has 0 aliphatic carbocycles. The molecule has 1 aromatic heterocycles. The van der Waals surface area contributed by atoms with E-state index in [2.05, 4.69) is 4.98 Å². The number of aromatic nitrogens is 1. The van der Waals surface area contributed by atoms with E-state index in [1.165, 1.54) is 18.4 Å². The Balaban J connectivity index is 2.33. The van der Waals surface area contributed by atoms with Crippen LogP contribution in [-0.4, -0.2) is 11.5 Å². The van der Waals surface area contributed by atoms with Gasteiger partial charge in [-0.2, -0.15) is 4.98 Å². The standard InChI is InChI=1S/C12H12ClFN2O/c1-2-16(11-5-3-4-9(14)6-11)12-15-10(7-13)8-17-12/h3-6,8H,2,7H2,1H3. The van der Waals surface area contributed by atoms with E-state index in [4.69, 9.17) is 16.0 Å². The number of benzene rings is 1. The highest BCUT2D eigenvalue weighted by atomic mass is 35.5. The smallest absolute Gasteiger partial charge is 0.302 e. The third-order valence-electron chi connectivity index (χ3n) is 2.34. The molecule has 0 spiro atoms. The van der Waals surface area contributed by atoms with Gasteiger partial charge in [0.05, 0.1) is 11.6 Å². The molecule has 0 atom stereocenters. The van der Waals surface area contributed by atoms with Crippen LogP contribution in [0.1, 0.15) is 12.6 Å². The summed E-state index contributed by atoms with van der Waals surface area (Å²) in [6.45, 7) is 2.57. The normalized spacial score (nSPS) is 10.5. The molecule has 0 radical (unpaired) electrons. The fraction of sp³-hybridized carbons (Fsp3) is 0.250. The SMILES string of the molecule is CCN(c1cccc(F)c1)c1nc(CCl)co1. The summed E-state index contributed by atoms with van der Waals surface area (Å²) in [4.78, 5) is 5.99. The van der Waals surface area contributed by atoms with Gasteiger partial charge >= 0.3 is 6.01 Å². The fourth-order valence-corrected chi connectivity index (χ4v) is 1.68. The van der Waals surface area contributed by atoms with Gasteiger partial charge in [-0.25, -0.2) is 4.39 Å². The Morgan fingerprint density at radius 2 is 2.29 bits per heavy atom. The second kappa shape index (κ2) is 5.19. The summed E-state index contributed by atoms with van der Waals surface area (Å²) in [5.41, 5.74) is 1.37. The maximum Gasteiger partial charge on any atom is 0.302 e. The number of hydrogen-bond donors (Lipinski definition) is 0. The summed E-state index contributed by atoms with van der Waals surface area (Å²) in [6, 6.07) is 6.72. The number of hydrogen-bond acceptors (Lipinski definition) is 3. The maximum atomic E-state index is 13.2. The van der Waals surface area contributed by atoms with Crippen LogP contribution in [0.5, 0.6) is 0 Å². The van der Waals surface area contributed by atoms with E-state index in [0.29, 0.717) is 29.8 Å². The first kappa shape index (κ1) is 11.9.